The Morgan fingerprint density at radius 1 is 1.13 bits per heavy atom. The Balaban J connectivity index is 1.54. The van der Waals surface area contributed by atoms with E-state index in [0.29, 0.717) is 18.9 Å². The van der Waals surface area contributed by atoms with Crippen molar-refractivity contribution in [2.75, 3.05) is 7.05 Å². The molecule has 0 saturated carbocycles. The van der Waals surface area contributed by atoms with Gasteiger partial charge in [-0.3, -0.25) is 14.2 Å². The molecule has 160 valence electrons. The summed E-state index contributed by atoms with van der Waals surface area (Å²) in [6, 6.07) is 10.2. The van der Waals surface area contributed by atoms with Crippen LogP contribution in [0.1, 0.15) is 48.3 Å². The largest absolute Gasteiger partial charge is 0.341 e. The smallest absolute Gasteiger partial charge is 0.222 e. The lowest BCUT2D eigenvalue weighted by Crippen LogP contribution is -2.26. The number of benzene rings is 1. The summed E-state index contributed by atoms with van der Waals surface area (Å²) in [5.41, 5.74) is 5.66. The average molecular weight is 408 g/mol. The quantitative estimate of drug-likeness (QED) is 0.539. The molecule has 1 amide bonds. The van der Waals surface area contributed by atoms with E-state index >= 15 is 0 Å². The molecule has 2 heterocycles. The highest BCUT2D eigenvalue weighted by Gasteiger charge is 2.16. The number of nitrogens with zero attached hydrogens (tertiary/aromatic N) is 5. The van der Waals surface area contributed by atoms with Crippen LogP contribution in [0, 0.1) is 19.8 Å². The minimum Gasteiger partial charge on any atom is -0.341 e. The number of aromatic nitrogens is 4. The van der Waals surface area contributed by atoms with E-state index in [-0.39, 0.29) is 5.91 Å². The van der Waals surface area contributed by atoms with Crippen LogP contribution in [-0.2, 0) is 30.8 Å². The van der Waals surface area contributed by atoms with Crippen LogP contribution in [-0.4, -0.2) is 37.4 Å². The van der Waals surface area contributed by atoms with Crippen LogP contribution in [0.4, 0.5) is 0 Å². The Kier molecular flexibility index (Phi) is 7.08. The molecule has 6 nitrogen and oxygen atoms in total. The van der Waals surface area contributed by atoms with Crippen molar-refractivity contribution in [1.29, 1.82) is 0 Å². The first-order chi connectivity index (χ1) is 14.3. The first-order valence-corrected chi connectivity index (χ1v) is 10.7. The molecule has 6 heteroatoms. The number of amides is 1. The predicted molar refractivity (Wildman–Crippen MR) is 119 cm³/mol. The lowest BCUT2D eigenvalue weighted by molar-refractivity contribution is -0.130. The standard InChI is InChI=1S/C24H33N5O/c1-18(2)14-29-20(4)23(19(3)26-29)11-12-24(30)27(5)15-22-13-25-28(17-22)16-21-9-7-6-8-10-21/h6-10,13,17-18H,11-12,14-16H2,1-5H3. The van der Waals surface area contributed by atoms with E-state index in [1.165, 1.54) is 16.8 Å². The third kappa shape index (κ3) is 5.59. The van der Waals surface area contributed by atoms with Crippen LogP contribution in [0.2, 0.25) is 0 Å². The molecule has 0 fully saturated rings. The van der Waals surface area contributed by atoms with Crippen molar-refractivity contribution in [3.8, 4) is 0 Å². The third-order valence-electron chi connectivity index (χ3n) is 5.38. The molecule has 30 heavy (non-hydrogen) atoms. The molecule has 3 aromatic rings. The van der Waals surface area contributed by atoms with Gasteiger partial charge in [0, 0.05) is 44.0 Å². The number of aryl methyl sites for hydroxylation is 1. The van der Waals surface area contributed by atoms with Gasteiger partial charge in [0.15, 0.2) is 0 Å². The SMILES string of the molecule is Cc1nn(CC(C)C)c(C)c1CCC(=O)N(C)Cc1cnn(Cc2ccccc2)c1. The molecule has 0 N–H and O–H groups in total. The van der Waals surface area contributed by atoms with Gasteiger partial charge >= 0.3 is 0 Å². The number of hydrogen-bond acceptors (Lipinski definition) is 3. The maximum Gasteiger partial charge on any atom is 0.222 e. The van der Waals surface area contributed by atoms with Gasteiger partial charge in [-0.15, -0.1) is 0 Å². The second-order valence-corrected chi connectivity index (χ2v) is 8.51. The van der Waals surface area contributed by atoms with Crippen molar-refractivity contribution < 1.29 is 4.79 Å². The summed E-state index contributed by atoms with van der Waals surface area (Å²) in [6.07, 6.45) is 5.08. The number of carbonyl (C=O) groups is 1. The maximum absolute atomic E-state index is 12.7. The van der Waals surface area contributed by atoms with Crippen LogP contribution in [0.25, 0.3) is 0 Å². The van der Waals surface area contributed by atoms with Crippen LogP contribution >= 0.6 is 0 Å². The fourth-order valence-corrected chi connectivity index (χ4v) is 3.75. The normalized spacial score (nSPS) is 11.3. The molecule has 0 unspecified atom stereocenters. The Labute approximate surface area is 179 Å². The summed E-state index contributed by atoms with van der Waals surface area (Å²) in [7, 11) is 1.86. The van der Waals surface area contributed by atoms with Crippen molar-refractivity contribution in [2.24, 2.45) is 5.92 Å². The Hall–Kier alpha value is -2.89. The molecule has 0 aliphatic rings. The lowest BCUT2D eigenvalue weighted by atomic mass is 10.1. The van der Waals surface area contributed by atoms with Gasteiger partial charge in [0.2, 0.25) is 5.91 Å². The summed E-state index contributed by atoms with van der Waals surface area (Å²) in [6.45, 7) is 10.7. The summed E-state index contributed by atoms with van der Waals surface area (Å²) in [5, 5.41) is 9.09. The number of carbonyl (C=O) groups excluding carboxylic acids is 1. The van der Waals surface area contributed by atoms with Gasteiger partial charge in [-0.2, -0.15) is 10.2 Å². The first kappa shape index (κ1) is 21.8. The molecular formula is C24H33N5O. The molecular weight excluding hydrogens is 374 g/mol. The zero-order valence-electron chi connectivity index (χ0n) is 18.8. The summed E-state index contributed by atoms with van der Waals surface area (Å²) >= 11 is 0. The van der Waals surface area contributed by atoms with E-state index in [9.17, 15) is 4.79 Å². The van der Waals surface area contributed by atoms with Crippen LogP contribution in [0.15, 0.2) is 42.7 Å². The van der Waals surface area contributed by atoms with Gasteiger partial charge in [0.25, 0.3) is 0 Å². The van der Waals surface area contributed by atoms with E-state index in [2.05, 4.69) is 47.8 Å². The number of rotatable bonds is 9. The monoisotopic (exact) mass is 407 g/mol. The fourth-order valence-electron chi connectivity index (χ4n) is 3.75. The highest BCUT2D eigenvalue weighted by Crippen LogP contribution is 2.17. The fraction of sp³-hybridized carbons (Fsp3) is 0.458. The van der Waals surface area contributed by atoms with Gasteiger partial charge in [-0.1, -0.05) is 44.2 Å². The zero-order valence-corrected chi connectivity index (χ0v) is 18.8. The first-order valence-electron chi connectivity index (χ1n) is 10.7. The third-order valence-corrected chi connectivity index (χ3v) is 5.38. The van der Waals surface area contributed by atoms with E-state index in [1.54, 1.807) is 4.90 Å². The molecule has 0 atom stereocenters. The molecule has 0 bridgehead atoms. The van der Waals surface area contributed by atoms with Crippen molar-refractivity contribution in [1.82, 2.24) is 24.5 Å². The highest BCUT2D eigenvalue weighted by atomic mass is 16.2. The molecule has 0 spiro atoms. The summed E-state index contributed by atoms with van der Waals surface area (Å²) in [4.78, 5) is 14.5. The molecule has 0 saturated heterocycles. The van der Waals surface area contributed by atoms with E-state index < -0.39 is 0 Å². The molecule has 0 aliphatic carbocycles. The summed E-state index contributed by atoms with van der Waals surface area (Å²) in [5.74, 6) is 0.688. The average Bonchev–Trinajstić information content (AvgIpc) is 3.24. The predicted octanol–water partition coefficient (Wildman–Crippen LogP) is 3.99. The van der Waals surface area contributed by atoms with E-state index in [4.69, 9.17) is 0 Å². The minimum absolute atomic E-state index is 0.140. The van der Waals surface area contributed by atoms with Gasteiger partial charge in [0.1, 0.15) is 0 Å². The second kappa shape index (κ2) is 9.74. The van der Waals surface area contributed by atoms with E-state index in [1.807, 2.05) is 49.2 Å². The minimum atomic E-state index is 0.140. The van der Waals surface area contributed by atoms with Crippen LogP contribution in [0.3, 0.4) is 0 Å². The Morgan fingerprint density at radius 2 is 1.87 bits per heavy atom. The van der Waals surface area contributed by atoms with Gasteiger partial charge < -0.3 is 4.90 Å². The van der Waals surface area contributed by atoms with E-state index in [0.717, 1.165) is 30.8 Å². The highest BCUT2D eigenvalue weighted by molar-refractivity contribution is 5.76. The van der Waals surface area contributed by atoms with Crippen molar-refractivity contribution >= 4 is 5.91 Å². The van der Waals surface area contributed by atoms with Crippen LogP contribution < -0.4 is 0 Å². The molecule has 3 rings (SSSR count). The summed E-state index contributed by atoms with van der Waals surface area (Å²) < 4.78 is 3.99. The van der Waals surface area contributed by atoms with Crippen molar-refractivity contribution in [3.05, 3.63) is 70.8 Å². The molecule has 2 aromatic heterocycles. The van der Waals surface area contributed by atoms with Gasteiger partial charge in [-0.25, -0.2) is 0 Å². The maximum atomic E-state index is 12.7. The van der Waals surface area contributed by atoms with Gasteiger partial charge in [0.05, 0.1) is 18.4 Å². The number of hydrogen-bond donors (Lipinski definition) is 0. The van der Waals surface area contributed by atoms with Gasteiger partial charge in [-0.05, 0) is 37.3 Å². The molecule has 1 aromatic carbocycles. The topological polar surface area (TPSA) is 56.0 Å². The Morgan fingerprint density at radius 3 is 2.57 bits per heavy atom. The molecule has 0 radical (unpaired) electrons. The lowest BCUT2D eigenvalue weighted by Gasteiger charge is -2.16. The van der Waals surface area contributed by atoms with Crippen LogP contribution in [0.5, 0.6) is 0 Å². The molecule has 0 aliphatic heterocycles. The van der Waals surface area contributed by atoms with Crippen molar-refractivity contribution in [3.63, 3.8) is 0 Å². The second-order valence-electron chi connectivity index (χ2n) is 8.51. The Bertz CT molecular complexity index is 971. The zero-order chi connectivity index (χ0) is 21.7. The van der Waals surface area contributed by atoms with Crippen molar-refractivity contribution in [2.45, 2.75) is 60.2 Å².